The summed E-state index contributed by atoms with van der Waals surface area (Å²) >= 11 is 0. The molecule has 23 heavy (non-hydrogen) atoms. The van der Waals surface area contributed by atoms with E-state index in [-0.39, 0.29) is 5.91 Å². The van der Waals surface area contributed by atoms with Crippen molar-refractivity contribution in [3.63, 3.8) is 0 Å². The molecule has 122 valence electrons. The summed E-state index contributed by atoms with van der Waals surface area (Å²) in [5.74, 6) is 1.17. The van der Waals surface area contributed by atoms with Gasteiger partial charge in [0.1, 0.15) is 0 Å². The number of hydrogen-bond donors (Lipinski definition) is 1. The van der Waals surface area contributed by atoms with Gasteiger partial charge < -0.3 is 4.57 Å². The maximum atomic E-state index is 12.1. The van der Waals surface area contributed by atoms with Crippen molar-refractivity contribution < 1.29 is 4.79 Å². The maximum absolute atomic E-state index is 12.1. The lowest BCUT2D eigenvalue weighted by molar-refractivity contribution is -0.117. The quantitative estimate of drug-likeness (QED) is 0.923. The highest BCUT2D eigenvalue weighted by Gasteiger charge is 2.22. The number of rotatable bonds is 5. The largest absolute Gasteiger partial charge is 0.320 e. The molecule has 5 heteroatoms. The van der Waals surface area contributed by atoms with Crippen molar-refractivity contribution in [2.75, 3.05) is 18.4 Å². The van der Waals surface area contributed by atoms with Gasteiger partial charge in [0.15, 0.2) is 0 Å². The lowest BCUT2D eigenvalue weighted by atomic mass is 9.93. The van der Waals surface area contributed by atoms with Gasteiger partial charge in [-0.15, -0.1) is 0 Å². The van der Waals surface area contributed by atoms with E-state index in [1.165, 1.54) is 5.56 Å². The van der Waals surface area contributed by atoms with Gasteiger partial charge in [0, 0.05) is 32.4 Å². The SMILES string of the molecule is Cn1ccnc1NC(=O)CC1CCN(Cc2ccccc2)CC1. The molecule has 1 aliphatic rings. The van der Waals surface area contributed by atoms with Gasteiger partial charge >= 0.3 is 0 Å². The summed E-state index contributed by atoms with van der Waals surface area (Å²) in [6.45, 7) is 3.14. The fourth-order valence-corrected chi connectivity index (χ4v) is 3.11. The molecule has 0 saturated carbocycles. The number of imidazole rings is 1. The molecule has 3 rings (SSSR count). The normalized spacial score (nSPS) is 16.4. The molecule has 0 atom stereocenters. The van der Waals surface area contributed by atoms with Crippen LogP contribution in [0.25, 0.3) is 0 Å². The molecule has 1 amide bonds. The molecule has 1 N–H and O–H groups in total. The van der Waals surface area contributed by atoms with E-state index in [0.717, 1.165) is 32.5 Å². The summed E-state index contributed by atoms with van der Waals surface area (Å²) in [5.41, 5.74) is 1.36. The summed E-state index contributed by atoms with van der Waals surface area (Å²) < 4.78 is 1.82. The average molecular weight is 312 g/mol. The zero-order chi connectivity index (χ0) is 16.1. The summed E-state index contributed by atoms with van der Waals surface area (Å²) in [4.78, 5) is 18.7. The van der Waals surface area contributed by atoms with Gasteiger partial charge in [-0.1, -0.05) is 30.3 Å². The Morgan fingerprint density at radius 3 is 2.65 bits per heavy atom. The first-order valence-corrected chi connectivity index (χ1v) is 8.24. The lowest BCUT2D eigenvalue weighted by Gasteiger charge is -2.31. The van der Waals surface area contributed by atoms with Crippen molar-refractivity contribution in [1.29, 1.82) is 0 Å². The van der Waals surface area contributed by atoms with Gasteiger partial charge in [-0.3, -0.25) is 15.0 Å². The molecular formula is C18H24N4O. The second-order valence-corrected chi connectivity index (χ2v) is 6.32. The molecule has 1 aromatic carbocycles. The summed E-state index contributed by atoms with van der Waals surface area (Å²) in [5, 5.41) is 2.89. The summed E-state index contributed by atoms with van der Waals surface area (Å²) in [7, 11) is 1.88. The number of piperidine rings is 1. The Morgan fingerprint density at radius 1 is 1.26 bits per heavy atom. The van der Waals surface area contributed by atoms with Crippen molar-refractivity contribution in [2.45, 2.75) is 25.8 Å². The van der Waals surface area contributed by atoms with Crippen LogP contribution in [0.5, 0.6) is 0 Å². The van der Waals surface area contributed by atoms with Gasteiger partial charge in [-0.2, -0.15) is 0 Å². The number of carbonyl (C=O) groups excluding carboxylic acids is 1. The minimum atomic E-state index is 0.0702. The predicted octanol–water partition coefficient (Wildman–Crippen LogP) is 2.66. The second kappa shape index (κ2) is 7.42. The first-order chi connectivity index (χ1) is 11.2. The lowest BCUT2D eigenvalue weighted by Crippen LogP contribution is -2.34. The monoisotopic (exact) mass is 312 g/mol. The number of likely N-dealkylation sites (tertiary alicyclic amines) is 1. The first kappa shape index (κ1) is 15.7. The van der Waals surface area contributed by atoms with Crippen molar-refractivity contribution in [1.82, 2.24) is 14.5 Å². The van der Waals surface area contributed by atoms with Crippen molar-refractivity contribution >= 4 is 11.9 Å². The number of anilines is 1. The van der Waals surface area contributed by atoms with Crippen LogP contribution >= 0.6 is 0 Å². The highest BCUT2D eigenvalue weighted by atomic mass is 16.1. The van der Waals surface area contributed by atoms with Gasteiger partial charge in [-0.05, 0) is 37.4 Å². The Kier molecular flexibility index (Phi) is 5.08. The molecule has 1 fully saturated rings. The number of carbonyl (C=O) groups is 1. The molecule has 1 aromatic heterocycles. The molecule has 1 aliphatic heterocycles. The standard InChI is InChI=1S/C18H24N4O/c1-21-12-9-19-18(21)20-17(23)13-15-7-10-22(11-8-15)14-16-5-3-2-4-6-16/h2-6,9,12,15H,7-8,10-11,13-14H2,1H3,(H,19,20,23). The Bertz CT molecular complexity index is 629. The van der Waals surface area contributed by atoms with Crippen LogP contribution in [0.4, 0.5) is 5.95 Å². The number of aryl methyl sites for hydroxylation is 1. The summed E-state index contributed by atoms with van der Waals surface area (Å²) in [6, 6.07) is 10.6. The van der Waals surface area contributed by atoms with Gasteiger partial charge in [0.2, 0.25) is 11.9 Å². The molecule has 0 spiro atoms. The van der Waals surface area contributed by atoms with Crippen molar-refractivity contribution in [2.24, 2.45) is 13.0 Å². The fraction of sp³-hybridized carbons (Fsp3) is 0.444. The highest BCUT2D eigenvalue weighted by Crippen LogP contribution is 2.22. The van der Waals surface area contributed by atoms with E-state index in [4.69, 9.17) is 0 Å². The van der Waals surface area contributed by atoms with E-state index in [0.29, 0.717) is 18.3 Å². The number of hydrogen-bond acceptors (Lipinski definition) is 3. The average Bonchev–Trinajstić information content (AvgIpc) is 2.95. The number of amides is 1. The number of nitrogens with one attached hydrogen (secondary N) is 1. The van der Waals surface area contributed by atoms with Crippen molar-refractivity contribution in [3.05, 3.63) is 48.3 Å². The molecular weight excluding hydrogens is 288 g/mol. The molecule has 1 saturated heterocycles. The number of aromatic nitrogens is 2. The third kappa shape index (κ3) is 4.42. The highest BCUT2D eigenvalue weighted by molar-refractivity contribution is 5.89. The van der Waals surface area contributed by atoms with E-state index in [9.17, 15) is 4.79 Å². The Balaban J connectivity index is 1.42. The molecule has 0 unspecified atom stereocenters. The molecule has 0 radical (unpaired) electrons. The van der Waals surface area contributed by atoms with E-state index >= 15 is 0 Å². The van der Waals surface area contributed by atoms with Gasteiger partial charge in [0.25, 0.3) is 0 Å². The summed E-state index contributed by atoms with van der Waals surface area (Å²) in [6.07, 6.45) is 6.28. The molecule has 2 aromatic rings. The van der Waals surface area contributed by atoms with Gasteiger partial charge in [0.05, 0.1) is 0 Å². The molecule has 0 bridgehead atoms. The van der Waals surface area contributed by atoms with E-state index in [2.05, 4.69) is 45.5 Å². The predicted molar refractivity (Wildman–Crippen MR) is 90.9 cm³/mol. The van der Waals surface area contributed by atoms with E-state index in [1.54, 1.807) is 6.20 Å². The van der Waals surface area contributed by atoms with Crippen LogP contribution in [-0.2, 0) is 18.4 Å². The van der Waals surface area contributed by atoms with Crippen LogP contribution in [0.3, 0.4) is 0 Å². The minimum absolute atomic E-state index is 0.0702. The van der Waals surface area contributed by atoms with Crippen LogP contribution in [0, 0.1) is 5.92 Å². The van der Waals surface area contributed by atoms with Crippen LogP contribution in [0.15, 0.2) is 42.7 Å². The Morgan fingerprint density at radius 2 is 2.00 bits per heavy atom. The molecule has 0 aliphatic carbocycles. The minimum Gasteiger partial charge on any atom is -0.320 e. The topological polar surface area (TPSA) is 50.2 Å². The zero-order valence-corrected chi connectivity index (χ0v) is 13.6. The van der Waals surface area contributed by atoms with Crippen molar-refractivity contribution in [3.8, 4) is 0 Å². The zero-order valence-electron chi connectivity index (χ0n) is 13.6. The van der Waals surface area contributed by atoms with Crippen LogP contribution in [0.2, 0.25) is 0 Å². The Labute approximate surface area is 137 Å². The number of nitrogens with zero attached hydrogens (tertiary/aromatic N) is 3. The van der Waals surface area contributed by atoms with Gasteiger partial charge in [-0.25, -0.2) is 4.98 Å². The van der Waals surface area contributed by atoms with E-state index in [1.807, 2.05) is 17.8 Å². The third-order valence-electron chi connectivity index (χ3n) is 4.50. The number of benzene rings is 1. The molecule has 5 nitrogen and oxygen atoms in total. The molecule has 2 heterocycles. The Hall–Kier alpha value is -2.14. The smallest absolute Gasteiger partial charge is 0.226 e. The van der Waals surface area contributed by atoms with E-state index < -0.39 is 0 Å². The van der Waals surface area contributed by atoms with Crippen LogP contribution in [0.1, 0.15) is 24.8 Å². The van der Waals surface area contributed by atoms with Crippen LogP contribution in [-0.4, -0.2) is 33.4 Å². The fourth-order valence-electron chi connectivity index (χ4n) is 3.11. The third-order valence-corrected chi connectivity index (χ3v) is 4.50. The maximum Gasteiger partial charge on any atom is 0.226 e. The van der Waals surface area contributed by atoms with Crippen LogP contribution < -0.4 is 5.32 Å². The first-order valence-electron chi connectivity index (χ1n) is 8.24. The second-order valence-electron chi connectivity index (χ2n) is 6.32.